The number of hydrogen-bond donors (Lipinski definition) is 3. The fraction of sp³-hybridized carbons (Fsp3) is 0.579. The summed E-state index contributed by atoms with van der Waals surface area (Å²) in [4.78, 5) is 23.6. The lowest BCUT2D eigenvalue weighted by Gasteiger charge is -2.15. The van der Waals surface area contributed by atoms with Crippen LogP contribution < -0.4 is 10.6 Å². The van der Waals surface area contributed by atoms with Gasteiger partial charge in [-0.25, -0.2) is 4.79 Å². The van der Waals surface area contributed by atoms with Crippen molar-refractivity contribution < 1.29 is 19.4 Å². The molecule has 25 heavy (non-hydrogen) atoms. The quantitative estimate of drug-likeness (QED) is 0.594. The van der Waals surface area contributed by atoms with Crippen molar-refractivity contribution in [3.63, 3.8) is 0 Å². The van der Waals surface area contributed by atoms with Gasteiger partial charge < -0.3 is 20.5 Å². The van der Waals surface area contributed by atoms with E-state index in [-0.39, 0.29) is 18.3 Å². The molecular weight excluding hydrogens is 320 g/mol. The van der Waals surface area contributed by atoms with E-state index in [4.69, 9.17) is 4.74 Å². The van der Waals surface area contributed by atoms with E-state index >= 15 is 0 Å². The Morgan fingerprint density at radius 1 is 1.24 bits per heavy atom. The molecule has 0 spiro atoms. The van der Waals surface area contributed by atoms with Crippen LogP contribution in [0.3, 0.4) is 0 Å². The summed E-state index contributed by atoms with van der Waals surface area (Å²) < 4.78 is 5.12. The first kappa shape index (κ1) is 19.4. The maximum absolute atomic E-state index is 12.0. The van der Waals surface area contributed by atoms with E-state index in [1.807, 2.05) is 37.3 Å². The average Bonchev–Trinajstić information content (AvgIpc) is 2.96. The molecule has 2 rings (SSSR count). The van der Waals surface area contributed by atoms with Gasteiger partial charge in [0.1, 0.15) is 6.61 Å². The fourth-order valence-electron chi connectivity index (χ4n) is 2.91. The third kappa shape index (κ3) is 6.48. The van der Waals surface area contributed by atoms with Gasteiger partial charge in [0, 0.05) is 19.5 Å². The van der Waals surface area contributed by atoms with Crippen LogP contribution >= 0.6 is 0 Å². The predicted molar refractivity (Wildman–Crippen MR) is 95.1 cm³/mol. The number of rotatable bonds is 9. The maximum Gasteiger partial charge on any atom is 0.407 e. The van der Waals surface area contributed by atoms with Crippen LogP contribution in [0.15, 0.2) is 30.3 Å². The van der Waals surface area contributed by atoms with Crippen molar-refractivity contribution >= 4 is 11.9 Å². The van der Waals surface area contributed by atoms with E-state index < -0.39 is 18.2 Å². The molecule has 1 aromatic carbocycles. The molecule has 0 radical (unpaired) electrons. The number of alkyl carbamates (subject to hydrolysis) is 1. The van der Waals surface area contributed by atoms with E-state index in [2.05, 4.69) is 10.6 Å². The Kier molecular flexibility index (Phi) is 7.88. The van der Waals surface area contributed by atoms with Gasteiger partial charge in [0.15, 0.2) is 5.78 Å². The summed E-state index contributed by atoms with van der Waals surface area (Å²) in [6, 6.07) is 9.11. The molecule has 2 unspecified atom stereocenters. The zero-order valence-corrected chi connectivity index (χ0v) is 14.7. The number of benzene rings is 1. The van der Waals surface area contributed by atoms with Crippen LogP contribution in [-0.2, 0) is 16.1 Å². The summed E-state index contributed by atoms with van der Waals surface area (Å²) in [7, 11) is 0. The Morgan fingerprint density at radius 3 is 2.68 bits per heavy atom. The zero-order chi connectivity index (χ0) is 18.1. The van der Waals surface area contributed by atoms with E-state index in [0.29, 0.717) is 19.5 Å². The zero-order valence-electron chi connectivity index (χ0n) is 14.7. The average molecular weight is 348 g/mol. The molecule has 1 saturated heterocycles. The molecule has 1 heterocycles. The predicted octanol–water partition coefficient (Wildman–Crippen LogP) is 2.01. The summed E-state index contributed by atoms with van der Waals surface area (Å²) in [5.74, 6) is 0.201. The van der Waals surface area contributed by atoms with Gasteiger partial charge in [0.25, 0.3) is 0 Å². The Morgan fingerprint density at radius 2 is 2.00 bits per heavy atom. The number of amides is 1. The highest BCUT2D eigenvalue weighted by Gasteiger charge is 2.35. The van der Waals surface area contributed by atoms with Gasteiger partial charge in [0.05, 0.1) is 12.1 Å². The number of aliphatic hydroxyl groups excluding tert-OH is 1. The standard InChI is InChI=1S/C19H28N2O4/c1-14-12-21-17(18(14)23)16(22)10-6-3-7-11-20-19(24)25-13-15-8-4-2-5-9-15/h2,4-5,8-9,14,17-18,21,23H,3,6-7,10-13H2,1H3,(H,20,24)/t14?,17-,18?/m1/s1. The van der Waals surface area contributed by atoms with Crippen LogP contribution in [0.25, 0.3) is 0 Å². The highest BCUT2D eigenvalue weighted by molar-refractivity contribution is 5.85. The highest BCUT2D eigenvalue weighted by Crippen LogP contribution is 2.17. The van der Waals surface area contributed by atoms with Gasteiger partial charge in [0.2, 0.25) is 0 Å². The Bertz CT molecular complexity index is 550. The molecule has 1 fully saturated rings. The number of ketones is 1. The summed E-state index contributed by atoms with van der Waals surface area (Å²) in [5.41, 5.74) is 0.952. The van der Waals surface area contributed by atoms with Gasteiger partial charge in [-0.1, -0.05) is 43.7 Å². The van der Waals surface area contributed by atoms with E-state index in [9.17, 15) is 14.7 Å². The van der Waals surface area contributed by atoms with E-state index in [1.165, 1.54) is 0 Å². The molecule has 0 aliphatic carbocycles. The molecule has 1 aromatic rings. The summed E-state index contributed by atoms with van der Waals surface area (Å²) >= 11 is 0. The highest BCUT2D eigenvalue weighted by atomic mass is 16.5. The van der Waals surface area contributed by atoms with Crippen molar-refractivity contribution in [1.82, 2.24) is 10.6 Å². The second-order valence-corrected chi connectivity index (χ2v) is 6.62. The second kappa shape index (κ2) is 10.2. The number of aliphatic hydroxyl groups is 1. The number of unbranched alkanes of at least 4 members (excludes halogenated alkanes) is 2. The summed E-state index contributed by atoms with van der Waals surface area (Å²) in [6.07, 6.45) is 1.87. The van der Waals surface area contributed by atoms with Crippen LogP contribution in [0.2, 0.25) is 0 Å². The van der Waals surface area contributed by atoms with Crippen LogP contribution in [0.1, 0.15) is 38.2 Å². The summed E-state index contributed by atoms with van der Waals surface area (Å²) in [5, 5.41) is 15.7. The van der Waals surface area contributed by atoms with Crippen LogP contribution in [0.5, 0.6) is 0 Å². The molecule has 0 saturated carbocycles. The molecule has 3 N–H and O–H groups in total. The van der Waals surface area contributed by atoms with Gasteiger partial charge in [-0.3, -0.25) is 4.79 Å². The monoisotopic (exact) mass is 348 g/mol. The normalized spacial score (nSPS) is 22.6. The van der Waals surface area contributed by atoms with E-state index in [1.54, 1.807) is 0 Å². The van der Waals surface area contributed by atoms with Crippen molar-refractivity contribution in [3.8, 4) is 0 Å². The minimum Gasteiger partial charge on any atom is -0.445 e. The van der Waals surface area contributed by atoms with Crippen molar-refractivity contribution in [1.29, 1.82) is 0 Å². The Labute approximate surface area is 149 Å². The topological polar surface area (TPSA) is 87.7 Å². The molecule has 0 bridgehead atoms. The van der Waals surface area contributed by atoms with Crippen molar-refractivity contribution in [3.05, 3.63) is 35.9 Å². The minimum absolute atomic E-state index is 0.0760. The molecule has 6 nitrogen and oxygen atoms in total. The number of nitrogens with one attached hydrogen (secondary N) is 2. The first-order valence-electron chi connectivity index (χ1n) is 8.96. The smallest absolute Gasteiger partial charge is 0.407 e. The summed E-state index contributed by atoms with van der Waals surface area (Å²) in [6.45, 7) is 3.42. The Hall–Kier alpha value is -1.92. The lowest BCUT2D eigenvalue weighted by Crippen LogP contribution is -2.39. The first-order valence-corrected chi connectivity index (χ1v) is 8.96. The Balaban J connectivity index is 1.49. The fourth-order valence-corrected chi connectivity index (χ4v) is 2.91. The van der Waals surface area contributed by atoms with Gasteiger partial charge in [-0.2, -0.15) is 0 Å². The number of carbonyl (C=O) groups excluding carboxylic acids is 2. The number of hydrogen-bond acceptors (Lipinski definition) is 5. The van der Waals surface area contributed by atoms with Crippen molar-refractivity contribution in [2.24, 2.45) is 5.92 Å². The van der Waals surface area contributed by atoms with Crippen LogP contribution in [-0.4, -0.2) is 42.2 Å². The SMILES string of the molecule is CC1CN[C@H](C(=O)CCCCCNC(=O)OCc2ccccc2)C1O. The number of ether oxygens (including phenoxy) is 1. The van der Waals surface area contributed by atoms with Gasteiger partial charge in [-0.05, 0) is 24.3 Å². The molecular formula is C19H28N2O4. The molecule has 1 aliphatic rings. The maximum atomic E-state index is 12.0. The molecule has 0 aromatic heterocycles. The lowest BCUT2D eigenvalue weighted by atomic mass is 9.98. The molecule has 1 aliphatic heterocycles. The molecule has 1 amide bonds. The third-order valence-corrected chi connectivity index (χ3v) is 4.51. The largest absolute Gasteiger partial charge is 0.445 e. The number of carbonyl (C=O) groups is 2. The van der Waals surface area contributed by atoms with Crippen molar-refractivity contribution in [2.45, 2.75) is 51.4 Å². The molecule has 138 valence electrons. The van der Waals surface area contributed by atoms with Crippen molar-refractivity contribution in [2.75, 3.05) is 13.1 Å². The lowest BCUT2D eigenvalue weighted by molar-refractivity contribution is -0.123. The van der Waals surface area contributed by atoms with Gasteiger partial charge >= 0.3 is 6.09 Å². The third-order valence-electron chi connectivity index (χ3n) is 4.51. The van der Waals surface area contributed by atoms with Gasteiger partial charge in [-0.15, -0.1) is 0 Å². The molecule has 3 atom stereocenters. The van der Waals surface area contributed by atoms with Crippen LogP contribution in [0.4, 0.5) is 4.79 Å². The van der Waals surface area contributed by atoms with E-state index in [0.717, 1.165) is 24.8 Å². The molecule has 6 heteroatoms. The minimum atomic E-state index is -0.575. The first-order chi connectivity index (χ1) is 12.1. The second-order valence-electron chi connectivity index (χ2n) is 6.62. The number of Topliss-reactive ketones (excluding diaryl/α,β-unsaturated/α-hetero) is 1. The van der Waals surface area contributed by atoms with Crippen LogP contribution in [0, 0.1) is 5.92 Å².